The molecule has 0 saturated carbocycles. The van der Waals surface area contributed by atoms with Crippen LogP contribution in [0.25, 0.3) is 0 Å². The first-order chi connectivity index (χ1) is 15.1. The summed E-state index contributed by atoms with van der Waals surface area (Å²) >= 11 is 0. The Morgan fingerprint density at radius 2 is 1.78 bits per heavy atom. The van der Waals surface area contributed by atoms with Crippen LogP contribution in [-0.4, -0.2) is 64.7 Å². The standard InChI is InChI=1S/C23H31N3O5S/c1-17-5-8-19(9-6-17)25-32(28,29)21-15-18(7-10-20(21)30-4)22(27)24-16-23(2,3)26-11-13-31-14-12-26/h5-10,15,25H,11-14,16H2,1-4H3,(H,24,27). The maximum Gasteiger partial charge on any atom is 0.265 e. The minimum atomic E-state index is -3.96. The van der Waals surface area contributed by atoms with Gasteiger partial charge in [-0.1, -0.05) is 17.7 Å². The number of aryl methyl sites for hydroxylation is 1. The summed E-state index contributed by atoms with van der Waals surface area (Å²) < 4.78 is 39.2. The van der Waals surface area contributed by atoms with Crippen molar-refractivity contribution < 1.29 is 22.7 Å². The fourth-order valence-electron chi connectivity index (χ4n) is 3.54. The molecule has 1 amide bonds. The number of sulfonamides is 1. The van der Waals surface area contributed by atoms with Crippen molar-refractivity contribution in [3.05, 3.63) is 53.6 Å². The van der Waals surface area contributed by atoms with E-state index in [2.05, 4.69) is 28.8 Å². The van der Waals surface area contributed by atoms with E-state index >= 15 is 0 Å². The largest absolute Gasteiger partial charge is 0.495 e. The minimum Gasteiger partial charge on any atom is -0.495 e. The molecule has 0 aromatic heterocycles. The van der Waals surface area contributed by atoms with Gasteiger partial charge in [-0.05, 0) is 51.1 Å². The third-order valence-corrected chi connectivity index (χ3v) is 6.97. The average molecular weight is 462 g/mol. The second-order valence-corrected chi connectivity index (χ2v) is 10.1. The number of nitrogens with one attached hydrogen (secondary N) is 2. The number of amides is 1. The van der Waals surface area contributed by atoms with Crippen molar-refractivity contribution in [1.29, 1.82) is 0 Å². The van der Waals surface area contributed by atoms with Gasteiger partial charge in [-0.2, -0.15) is 0 Å². The Morgan fingerprint density at radius 1 is 1.12 bits per heavy atom. The summed E-state index contributed by atoms with van der Waals surface area (Å²) in [6.07, 6.45) is 0. The van der Waals surface area contributed by atoms with Crippen LogP contribution in [0.4, 0.5) is 5.69 Å². The lowest BCUT2D eigenvalue weighted by molar-refractivity contribution is -0.00923. The van der Waals surface area contributed by atoms with Gasteiger partial charge in [0.2, 0.25) is 0 Å². The number of nitrogens with zero attached hydrogens (tertiary/aromatic N) is 1. The van der Waals surface area contributed by atoms with E-state index in [0.717, 1.165) is 18.7 Å². The predicted octanol–water partition coefficient (Wildman–Crippen LogP) is 2.65. The van der Waals surface area contributed by atoms with Crippen molar-refractivity contribution in [3.63, 3.8) is 0 Å². The average Bonchev–Trinajstić information content (AvgIpc) is 2.79. The molecule has 9 heteroatoms. The summed E-state index contributed by atoms with van der Waals surface area (Å²) in [6.45, 7) is 9.42. The first kappa shape index (κ1) is 24.0. The molecule has 0 radical (unpaired) electrons. The van der Waals surface area contributed by atoms with Gasteiger partial charge in [0, 0.05) is 36.4 Å². The molecule has 0 spiro atoms. The number of morpholine rings is 1. The highest BCUT2D eigenvalue weighted by atomic mass is 32.2. The summed E-state index contributed by atoms with van der Waals surface area (Å²) in [4.78, 5) is 15.0. The van der Waals surface area contributed by atoms with Gasteiger partial charge >= 0.3 is 0 Å². The van der Waals surface area contributed by atoms with E-state index < -0.39 is 10.0 Å². The van der Waals surface area contributed by atoms with Gasteiger partial charge in [-0.3, -0.25) is 14.4 Å². The van der Waals surface area contributed by atoms with Crippen molar-refractivity contribution in [2.24, 2.45) is 0 Å². The maximum atomic E-state index is 13.0. The quantitative estimate of drug-likeness (QED) is 0.627. The molecule has 0 atom stereocenters. The van der Waals surface area contributed by atoms with Crippen LogP contribution in [0.2, 0.25) is 0 Å². The lowest BCUT2D eigenvalue weighted by Gasteiger charge is -2.40. The van der Waals surface area contributed by atoms with Gasteiger partial charge in [0.05, 0.1) is 20.3 Å². The number of ether oxygens (including phenoxy) is 2. The second-order valence-electron chi connectivity index (χ2n) is 8.43. The number of anilines is 1. The number of benzene rings is 2. The van der Waals surface area contributed by atoms with Gasteiger partial charge < -0.3 is 14.8 Å². The smallest absolute Gasteiger partial charge is 0.265 e. The van der Waals surface area contributed by atoms with Gasteiger partial charge in [-0.25, -0.2) is 8.42 Å². The molecule has 0 unspecified atom stereocenters. The SMILES string of the molecule is COc1ccc(C(=O)NCC(C)(C)N2CCOCC2)cc1S(=O)(=O)Nc1ccc(C)cc1. The number of methoxy groups -OCH3 is 1. The van der Waals surface area contributed by atoms with E-state index in [1.54, 1.807) is 18.2 Å². The monoisotopic (exact) mass is 461 g/mol. The molecule has 1 aliphatic heterocycles. The zero-order valence-corrected chi connectivity index (χ0v) is 19.8. The lowest BCUT2D eigenvalue weighted by atomic mass is 10.0. The van der Waals surface area contributed by atoms with Crippen LogP contribution in [0, 0.1) is 6.92 Å². The molecule has 174 valence electrons. The molecule has 1 heterocycles. The fourth-order valence-corrected chi connectivity index (χ4v) is 4.79. The first-order valence-electron chi connectivity index (χ1n) is 10.5. The fraction of sp³-hybridized carbons (Fsp3) is 0.435. The molecule has 2 N–H and O–H groups in total. The minimum absolute atomic E-state index is 0.0966. The van der Waals surface area contributed by atoms with E-state index in [0.29, 0.717) is 25.4 Å². The Bertz CT molecular complexity index is 1050. The van der Waals surface area contributed by atoms with E-state index in [9.17, 15) is 13.2 Å². The zero-order valence-electron chi connectivity index (χ0n) is 19.0. The van der Waals surface area contributed by atoms with Crippen LogP contribution in [0.1, 0.15) is 29.8 Å². The van der Waals surface area contributed by atoms with Gasteiger partial charge in [0.15, 0.2) is 0 Å². The topological polar surface area (TPSA) is 97.0 Å². The number of hydrogen-bond acceptors (Lipinski definition) is 6. The number of rotatable bonds is 8. The number of carbonyl (C=O) groups is 1. The molecule has 0 aliphatic carbocycles. The van der Waals surface area contributed by atoms with Crippen molar-refractivity contribution in [3.8, 4) is 5.75 Å². The molecule has 3 rings (SSSR count). The normalized spacial score (nSPS) is 15.2. The Labute approximate surface area is 190 Å². The molecule has 1 fully saturated rings. The van der Waals surface area contributed by atoms with Crippen molar-refractivity contribution in [2.75, 3.05) is 44.7 Å². The summed E-state index contributed by atoms with van der Waals surface area (Å²) in [5, 5.41) is 2.93. The van der Waals surface area contributed by atoms with Crippen molar-refractivity contribution >= 4 is 21.6 Å². The Kier molecular flexibility index (Phi) is 7.43. The third kappa shape index (κ3) is 5.79. The van der Waals surface area contributed by atoms with Crippen LogP contribution in [0.3, 0.4) is 0 Å². The van der Waals surface area contributed by atoms with Gasteiger partial charge in [0.1, 0.15) is 10.6 Å². The Balaban J connectivity index is 1.77. The summed E-state index contributed by atoms with van der Waals surface area (Å²) in [7, 11) is -2.57. The molecule has 1 saturated heterocycles. The molecule has 32 heavy (non-hydrogen) atoms. The van der Waals surface area contributed by atoms with Crippen LogP contribution < -0.4 is 14.8 Å². The summed E-state index contributed by atoms with van der Waals surface area (Å²) in [5.74, 6) is -0.185. The van der Waals surface area contributed by atoms with E-state index in [-0.39, 0.29) is 27.7 Å². The van der Waals surface area contributed by atoms with Crippen LogP contribution in [0.5, 0.6) is 5.75 Å². The van der Waals surface area contributed by atoms with Crippen LogP contribution >= 0.6 is 0 Å². The molecule has 2 aromatic carbocycles. The predicted molar refractivity (Wildman–Crippen MR) is 124 cm³/mol. The lowest BCUT2D eigenvalue weighted by Crippen LogP contribution is -2.55. The van der Waals surface area contributed by atoms with Gasteiger partial charge in [0.25, 0.3) is 15.9 Å². The molecule has 1 aliphatic rings. The highest BCUT2D eigenvalue weighted by Crippen LogP contribution is 2.27. The zero-order chi connectivity index (χ0) is 23.4. The van der Waals surface area contributed by atoms with Crippen LogP contribution in [-0.2, 0) is 14.8 Å². The van der Waals surface area contributed by atoms with E-state index in [4.69, 9.17) is 9.47 Å². The highest BCUT2D eigenvalue weighted by Gasteiger charge is 2.29. The van der Waals surface area contributed by atoms with Crippen molar-refractivity contribution in [2.45, 2.75) is 31.2 Å². The summed E-state index contributed by atoms with van der Waals surface area (Å²) in [6, 6.07) is 11.4. The molecule has 0 bridgehead atoms. The first-order valence-corrected chi connectivity index (χ1v) is 12.0. The molecular weight excluding hydrogens is 430 g/mol. The third-order valence-electron chi connectivity index (χ3n) is 5.57. The van der Waals surface area contributed by atoms with E-state index in [1.165, 1.54) is 19.2 Å². The highest BCUT2D eigenvalue weighted by molar-refractivity contribution is 7.92. The molecular formula is C23H31N3O5S. The Hall–Kier alpha value is -2.62. The van der Waals surface area contributed by atoms with Gasteiger partial charge in [-0.15, -0.1) is 0 Å². The molecule has 8 nitrogen and oxygen atoms in total. The van der Waals surface area contributed by atoms with E-state index in [1.807, 2.05) is 19.1 Å². The molecule has 2 aromatic rings. The van der Waals surface area contributed by atoms with Crippen LogP contribution in [0.15, 0.2) is 47.4 Å². The summed E-state index contributed by atoms with van der Waals surface area (Å²) in [5.41, 5.74) is 1.44. The number of carbonyl (C=O) groups excluding carboxylic acids is 1. The Morgan fingerprint density at radius 3 is 2.41 bits per heavy atom. The maximum absolute atomic E-state index is 13.0. The number of hydrogen-bond donors (Lipinski definition) is 2. The van der Waals surface area contributed by atoms with Crippen molar-refractivity contribution in [1.82, 2.24) is 10.2 Å². The second kappa shape index (κ2) is 9.89.